The van der Waals surface area contributed by atoms with Gasteiger partial charge in [-0.2, -0.15) is 0 Å². The number of benzene rings is 3. The molecule has 1 unspecified atom stereocenters. The lowest BCUT2D eigenvalue weighted by Gasteiger charge is -2.29. The third-order valence-corrected chi connectivity index (χ3v) is 11.1. The molecular formula is C44H60O4. The SMILES string of the molecule is CCCCCC1CCC(c2ccc(COOCC(OC(=O)c3ccc(C4CCC(CCCCC)CC4)cc3)c3ccccc3)cc2)CC1. The number of hydrogen-bond donors (Lipinski definition) is 0. The molecule has 2 aliphatic carbocycles. The summed E-state index contributed by atoms with van der Waals surface area (Å²) in [5, 5.41) is 0. The van der Waals surface area contributed by atoms with Crippen molar-refractivity contribution >= 4 is 5.97 Å². The molecule has 0 aromatic heterocycles. The number of carbonyl (C=O) groups excluding carboxylic acids is 1. The Balaban J connectivity index is 1.06. The van der Waals surface area contributed by atoms with E-state index in [4.69, 9.17) is 14.5 Å². The molecule has 5 rings (SSSR count). The zero-order valence-corrected chi connectivity index (χ0v) is 29.8. The average molecular weight is 653 g/mol. The number of unbranched alkanes of at least 4 members (excludes halogenated alkanes) is 4. The molecular weight excluding hydrogens is 592 g/mol. The third-order valence-electron chi connectivity index (χ3n) is 11.1. The molecule has 0 amide bonds. The summed E-state index contributed by atoms with van der Waals surface area (Å²) < 4.78 is 5.99. The molecule has 0 bridgehead atoms. The highest BCUT2D eigenvalue weighted by molar-refractivity contribution is 5.89. The largest absolute Gasteiger partial charge is 0.451 e. The zero-order chi connectivity index (χ0) is 33.4. The second kappa shape index (κ2) is 19.9. The van der Waals surface area contributed by atoms with E-state index in [1.54, 1.807) is 0 Å². The molecule has 0 N–H and O–H groups in total. The molecule has 4 heteroatoms. The van der Waals surface area contributed by atoms with Crippen molar-refractivity contribution < 1.29 is 19.3 Å². The predicted octanol–water partition coefficient (Wildman–Crippen LogP) is 12.4. The first kappa shape index (κ1) is 36.3. The Morgan fingerprint density at radius 3 is 1.67 bits per heavy atom. The van der Waals surface area contributed by atoms with Crippen LogP contribution in [0.15, 0.2) is 78.9 Å². The minimum atomic E-state index is -0.569. The van der Waals surface area contributed by atoms with Crippen molar-refractivity contribution in [1.82, 2.24) is 0 Å². The lowest BCUT2D eigenvalue weighted by atomic mass is 9.77. The molecule has 3 aromatic carbocycles. The molecule has 0 heterocycles. The van der Waals surface area contributed by atoms with E-state index in [0.717, 1.165) is 23.0 Å². The van der Waals surface area contributed by atoms with Gasteiger partial charge in [-0.25, -0.2) is 14.6 Å². The smallest absolute Gasteiger partial charge is 0.338 e. The van der Waals surface area contributed by atoms with Crippen LogP contribution in [0.2, 0.25) is 0 Å². The number of rotatable bonds is 18. The standard InChI is InChI=1S/C44H60O4/c1-3-5-8-12-34-16-22-37(23-17-34)39-26-20-36(21-27-39)32-46-47-33-43(41-14-10-7-11-15-41)48-44(45)42-30-28-40(29-31-42)38-24-18-35(19-25-38)13-9-6-4-2/h7,10-11,14-15,20-21,26-31,34-35,37-38,43H,3-6,8-9,12-13,16-19,22-25,32-33H2,1-2H3. The van der Waals surface area contributed by atoms with Crippen molar-refractivity contribution in [2.45, 2.75) is 141 Å². The second-order valence-corrected chi connectivity index (χ2v) is 14.6. The monoisotopic (exact) mass is 652 g/mol. The van der Waals surface area contributed by atoms with E-state index in [0.29, 0.717) is 24.0 Å². The first-order valence-corrected chi connectivity index (χ1v) is 19.3. The maximum atomic E-state index is 13.3. The Morgan fingerprint density at radius 1 is 0.625 bits per heavy atom. The molecule has 1 atom stereocenters. The molecule has 260 valence electrons. The number of esters is 1. The molecule has 0 aliphatic heterocycles. The summed E-state index contributed by atoms with van der Waals surface area (Å²) in [5.41, 5.74) is 5.31. The van der Waals surface area contributed by atoms with Crippen molar-refractivity contribution in [3.63, 3.8) is 0 Å². The zero-order valence-electron chi connectivity index (χ0n) is 29.8. The molecule has 48 heavy (non-hydrogen) atoms. The first-order chi connectivity index (χ1) is 23.6. The lowest BCUT2D eigenvalue weighted by Crippen LogP contribution is -2.17. The topological polar surface area (TPSA) is 44.8 Å². The fourth-order valence-corrected chi connectivity index (χ4v) is 8.00. The Bertz CT molecular complexity index is 1300. The quantitative estimate of drug-likeness (QED) is 0.0594. The van der Waals surface area contributed by atoms with E-state index in [9.17, 15) is 4.79 Å². The minimum Gasteiger partial charge on any atom is -0.451 e. The summed E-state index contributed by atoms with van der Waals surface area (Å²) in [5.74, 6) is 2.75. The van der Waals surface area contributed by atoms with Gasteiger partial charge in [0, 0.05) is 0 Å². The number of ether oxygens (including phenoxy) is 1. The van der Waals surface area contributed by atoms with Gasteiger partial charge in [0.1, 0.15) is 13.2 Å². The molecule has 2 aliphatic rings. The Kier molecular flexibility index (Phi) is 15.1. The van der Waals surface area contributed by atoms with Crippen LogP contribution in [-0.2, 0) is 21.1 Å². The van der Waals surface area contributed by atoms with Crippen LogP contribution in [0, 0.1) is 11.8 Å². The van der Waals surface area contributed by atoms with Gasteiger partial charge in [0.15, 0.2) is 6.10 Å². The molecule has 2 fully saturated rings. The molecule has 0 radical (unpaired) electrons. The van der Waals surface area contributed by atoms with Crippen LogP contribution < -0.4 is 0 Å². The third kappa shape index (κ3) is 11.3. The average Bonchev–Trinajstić information content (AvgIpc) is 3.14. The summed E-state index contributed by atoms with van der Waals surface area (Å²) in [6, 6.07) is 26.7. The van der Waals surface area contributed by atoms with E-state index >= 15 is 0 Å². The first-order valence-electron chi connectivity index (χ1n) is 19.3. The van der Waals surface area contributed by atoms with E-state index in [1.807, 2.05) is 42.5 Å². The number of carbonyl (C=O) groups is 1. The molecule has 4 nitrogen and oxygen atoms in total. The van der Waals surface area contributed by atoms with Crippen LogP contribution in [0.1, 0.15) is 167 Å². The van der Waals surface area contributed by atoms with Crippen LogP contribution in [0.4, 0.5) is 0 Å². The Hall–Kier alpha value is -2.95. The maximum absolute atomic E-state index is 13.3. The van der Waals surface area contributed by atoms with Gasteiger partial charge in [-0.1, -0.05) is 132 Å². The van der Waals surface area contributed by atoms with Crippen molar-refractivity contribution in [3.8, 4) is 0 Å². The van der Waals surface area contributed by atoms with Crippen LogP contribution in [-0.4, -0.2) is 12.6 Å². The van der Waals surface area contributed by atoms with E-state index < -0.39 is 6.10 Å². The van der Waals surface area contributed by atoms with Crippen LogP contribution in [0.5, 0.6) is 0 Å². The fourth-order valence-electron chi connectivity index (χ4n) is 8.00. The summed E-state index contributed by atoms with van der Waals surface area (Å²) in [7, 11) is 0. The summed E-state index contributed by atoms with van der Waals surface area (Å²) in [4.78, 5) is 24.5. The van der Waals surface area contributed by atoms with Gasteiger partial charge in [-0.3, -0.25) is 0 Å². The van der Waals surface area contributed by atoms with Crippen molar-refractivity contribution in [3.05, 3.63) is 107 Å². The van der Waals surface area contributed by atoms with Gasteiger partial charge >= 0.3 is 5.97 Å². The summed E-state index contributed by atoms with van der Waals surface area (Å²) in [6.07, 6.45) is 20.8. The van der Waals surface area contributed by atoms with Crippen LogP contribution >= 0.6 is 0 Å². The lowest BCUT2D eigenvalue weighted by molar-refractivity contribution is -0.314. The van der Waals surface area contributed by atoms with Crippen LogP contribution in [0.3, 0.4) is 0 Å². The van der Waals surface area contributed by atoms with Gasteiger partial charge < -0.3 is 4.74 Å². The maximum Gasteiger partial charge on any atom is 0.338 e. The Morgan fingerprint density at radius 2 is 1.15 bits per heavy atom. The van der Waals surface area contributed by atoms with E-state index in [-0.39, 0.29) is 12.6 Å². The van der Waals surface area contributed by atoms with Gasteiger partial charge in [-0.05, 0) is 109 Å². The summed E-state index contributed by atoms with van der Waals surface area (Å²) in [6.45, 7) is 5.04. The van der Waals surface area contributed by atoms with E-state index in [1.165, 1.54) is 114 Å². The summed E-state index contributed by atoms with van der Waals surface area (Å²) >= 11 is 0. The molecule has 3 aromatic rings. The number of hydrogen-bond acceptors (Lipinski definition) is 4. The van der Waals surface area contributed by atoms with Crippen molar-refractivity contribution in [2.24, 2.45) is 11.8 Å². The van der Waals surface area contributed by atoms with Gasteiger partial charge in [0.2, 0.25) is 0 Å². The normalized spacial score (nSPS) is 21.9. The van der Waals surface area contributed by atoms with Gasteiger partial charge in [0.05, 0.1) is 5.56 Å². The highest BCUT2D eigenvalue weighted by Crippen LogP contribution is 2.39. The van der Waals surface area contributed by atoms with Gasteiger partial charge in [0.25, 0.3) is 0 Å². The van der Waals surface area contributed by atoms with E-state index in [2.05, 4.69) is 50.2 Å². The highest BCUT2D eigenvalue weighted by atomic mass is 17.2. The van der Waals surface area contributed by atoms with Crippen molar-refractivity contribution in [2.75, 3.05) is 6.61 Å². The molecule has 2 saturated carbocycles. The van der Waals surface area contributed by atoms with Crippen LogP contribution in [0.25, 0.3) is 0 Å². The van der Waals surface area contributed by atoms with Crippen molar-refractivity contribution in [1.29, 1.82) is 0 Å². The molecule has 0 saturated heterocycles. The fraction of sp³-hybridized carbons (Fsp3) is 0.568. The molecule has 0 spiro atoms. The predicted molar refractivity (Wildman–Crippen MR) is 196 cm³/mol. The second-order valence-electron chi connectivity index (χ2n) is 14.6. The minimum absolute atomic E-state index is 0.120. The van der Waals surface area contributed by atoms with Gasteiger partial charge in [-0.15, -0.1) is 0 Å². The Labute approximate surface area is 290 Å². The highest BCUT2D eigenvalue weighted by Gasteiger charge is 2.24.